The van der Waals surface area contributed by atoms with Crippen molar-refractivity contribution < 1.29 is 4.79 Å². The molecular formula is C19H19N5O. The van der Waals surface area contributed by atoms with Crippen LogP contribution in [0.15, 0.2) is 42.2 Å². The minimum absolute atomic E-state index is 0.111. The Kier molecular flexibility index (Phi) is 3.31. The molecule has 6 heteroatoms. The maximum Gasteiger partial charge on any atom is 0.259 e. The topological polar surface area (TPSA) is 70.2 Å². The van der Waals surface area contributed by atoms with Crippen molar-refractivity contribution in [1.82, 2.24) is 15.3 Å². The first-order chi connectivity index (χ1) is 12.3. The van der Waals surface area contributed by atoms with Gasteiger partial charge in [0.1, 0.15) is 5.82 Å². The second kappa shape index (κ2) is 5.67. The minimum atomic E-state index is -0.111. The molecule has 1 aliphatic carbocycles. The zero-order valence-corrected chi connectivity index (χ0v) is 13.8. The predicted octanol–water partition coefficient (Wildman–Crippen LogP) is 2.41. The van der Waals surface area contributed by atoms with Crippen LogP contribution in [0.3, 0.4) is 0 Å². The first kappa shape index (κ1) is 14.6. The van der Waals surface area contributed by atoms with Crippen LogP contribution in [0.1, 0.15) is 28.8 Å². The number of aromatic nitrogens is 2. The van der Waals surface area contributed by atoms with Gasteiger partial charge in [-0.15, -0.1) is 0 Å². The molecule has 1 amide bonds. The van der Waals surface area contributed by atoms with Gasteiger partial charge in [0.05, 0.1) is 11.3 Å². The zero-order valence-electron chi connectivity index (χ0n) is 13.8. The van der Waals surface area contributed by atoms with Gasteiger partial charge in [0.25, 0.3) is 5.91 Å². The molecule has 2 N–H and O–H groups in total. The van der Waals surface area contributed by atoms with E-state index in [0.29, 0.717) is 17.4 Å². The molecule has 4 heterocycles. The van der Waals surface area contributed by atoms with E-state index in [-0.39, 0.29) is 5.91 Å². The lowest BCUT2D eigenvalue weighted by Crippen LogP contribution is -2.22. The summed E-state index contributed by atoms with van der Waals surface area (Å²) in [6.07, 6.45) is 8.83. The molecule has 2 aliphatic heterocycles. The first-order valence-corrected chi connectivity index (χ1v) is 8.73. The number of carbonyl (C=O) groups excluding carboxylic acids is 1. The zero-order chi connectivity index (χ0) is 16.8. The Labute approximate surface area is 146 Å². The van der Waals surface area contributed by atoms with Gasteiger partial charge in [-0.2, -0.15) is 0 Å². The smallest absolute Gasteiger partial charge is 0.259 e. The van der Waals surface area contributed by atoms with Crippen molar-refractivity contribution in [3.05, 3.63) is 53.4 Å². The van der Waals surface area contributed by atoms with Gasteiger partial charge in [0.15, 0.2) is 5.82 Å². The molecule has 6 nitrogen and oxygen atoms in total. The van der Waals surface area contributed by atoms with Crippen LogP contribution in [-0.2, 0) is 6.42 Å². The van der Waals surface area contributed by atoms with Crippen LogP contribution in [0.5, 0.6) is 0 Å². The fourth-order valence-corrected chi connectivity index (χ4v) is 3.58. The Morgan fingerprint density at radius 1 is 1.16 bits per heavy atom. The highest BCUT2D eigenvalue weighted by Gasteiger charge is 2.38. The first-order valence-electron chi connectivity index (χ1n) is 8.73. The SMILES string of the molecule is O=C1Nc2c(CC3=CCNC3)ccnc2N(C2CC2)c2ncccc21. The molecule has 0 aromatic carbocycles. The number of hydrogen-bond acceptors (Lipinski definition) is 5. The Hall–Kier alpha value is -2.73. The van der Waals surface area contributed by atoms with Crippen molar-refractivity contribution in [2.24, 2.45) is 0 Å². The van der Waals surface area contributed by atoms with E-state index in [9.17, 15) is 4.79 Å². The monoisotopic (exact) mass is 333 g/mol. The second-order valence-corrected chi connectivity index (χ2v) is 6.77. The lowest BCUT2D eigenvalue weighted by molar-refractivity contribution is 0.102. The van der Waals surface area contributed by atoms with Gasteiger partial charge in [-0.3, -0.25) is 4.79 Å². The van der Waals surface area contributed by atoms with Gasteiger partial charge < -0.3 is 15.5 Å². The summed E-state index contributed by atoms with van der Waals surface area (Å²) in [5.74, 6) is 1.42. The quantitative estimate of drug-likeness (QED) is 0.844. The molecule has 0 radical (unpaired) electrons. The van der Waals surface area contributed by atoms with E-state index >= 15 is 0 Å². The van der Waals surface area contributed by atoms with Crippen LogP contribution in [0.25, 0.3) is 0 Å². The van der Waals surface area contributed by atoms with E-state index in [2.05, 4.69) is 31.6 Å². The van der Waals surface area contributed by atoms with Crippen LogP contribution in [-0.4, -0.2) is 35.0 Å². The van der Waals surface area contributed by atoms with E-state index in [1.807, 2.05) is 24.4 Å². The molecule has 3 aliphatic rings. The molecule has 1 saturated carbocycles. The van der Waals surface area contributed by atoms with Gasteiger partial charge in [-0.05, 0) is 43.0 Å². The third-order valence-corrected chi connectivity index (χ3v) is 4.96. The summed E-state index contributed by atoms with van der Waals surface area (Å²) in [5, 5.41) is 6.43. The molecular weight excluding hydrogens is 314 g/mol. The van der Waals surface area contributed by atoms with Crippen molar-refractivity contribution in [2.45, 2.75) is 25.3 Å². The van der Waals surface area contributed by atoms with Gasteiger partial charge in [-0.1, -0.05) is 11.6 Å². The fraction of sp³-hybridized carbons (Fsp3) is 0.316. The lowest BCUT2D eigenvalue weighted by atomic mass is 10.0. The Morgan fingerprint density at radius 3 is 2.84 bits per heavy atom. The number of rotatable bonds is 3. The molecule has 0 atom stereocenters. The van der Waals surface area contributed by atoms with E-state index in [1.54, 1.807) is 6.20 Å². The van der Waals surface area contributed by atoms with Crippen LogP contribution < -0.4 is 15.5 Å². The molecule has 25 heavy (non-hydrogen) atoms. The second-order valence-electron chi connectivity index (χ2n) is 6.77. The Balaban J connectivity index is 1.65. The Bertz CT molecular complexity index is 887. The average molecular weight is 333 g/mol. The summed E-state index contributed by atoms with van der Waals surface area (Å²) >= 11 is 0. The average Bonchev–Trinajstić information content (AvgIpc) is 3.35. The highest BCUT2D eigenvalue weighted by molar-refractivity contribution is 6.12. The molecule has 5 rings (SSSR count). The number of carbonyl (C=O) groups is 1. The van der Waals surface area contributed by atoms with E-state index in [0.717, 1.165) is 49.4 Å². The largest absolute Gasteiger partial charge is 0.318 e. The molecule has 2 aromatic rings. The highest BCUT2D eigenvalue weighted by Crippen LogP contribution is 2.44. The number of amides is 1. The standard InChI is InChI=1S/C19H19N5O/c25-19-15-2-1-7-21-17(15)24(14-3-4-14)18-16(23-19)13(6-9-22-18)10-12-5-8-20-11-12/h1-2,5-7,9,14,20H,3-4,8,10-11H2,(H,23,25). The maximum absolute atomic E-state index is 12.8. The number of pyridine rings is 2. The van der Waals surface area contributed by atoms with Gasteiger partial charge in [-0.25, -0.2) is 9.97 Å². The van der Waals surface area contributed by atoms with Crippen molar-refractivity contribution in [3.8, 4) is 0 Å². The molecule has 126 valence electrons. The summed E-state index contributed by atoms with van der Waals surface area (Å²) in [5.41, 5.74) is 3.89. The van der Waals surface area contributed by atoms with Crippen LogP contribution >= 0.6 is 0 Å². The highest BCUT2D eigenvalue weighted by atomic mass is 16.1. The van der Waals surface area contributed by atoms with Gasteiger partial charge in [0.2, 0.25) is 0 Å². The van der Waals surface area contributed by atoms with Gasteiger partial charge >= 0.3 is 0 Å². The molecule has 0 bridgehead atoms. The Morgan fingerprint density at radius 2 is 2.04 bits per heavy atom. The van der Waals surface area contributed by atoms with E-state index < -0.39 is 0 Å². The predicted molar refractivity (Wildman–Crippen MR) is 96.2 cm³/mol. The van der Waals surface area contributed by atoms with Crippen LogP contribution in [0.4, 0.5) is 17.3 Å². The normalized spacial score (nSPS) is 19.0. The number of nitrogens with one attached hydrogen (secondary N) is 2. The summed E-state index contributed by atoms with van der Waals surface area (Å²) in [4.78, 5) is 24.1. The maximum atomic E-state index is 12.8. The molecule has 0 unspecified atom stereocenters. The number of hydrogen-bond donors (Lipinski definition) is 2. The molecule has 0 saturated heterocycles. The summed E-state index contributed by atoms with van der Waals surface area (Å²) < 4.78 is 0. The van der Waals surface area contributed by atoms with E-state index in [1.165, 1.54) is 5.57 Å². The summed E-state index contributed by atoms with van der Waals surface area (Å²) in [6.45, 7) is 1.82. The van der Waals surface area contributed by atoms with Crippen molar-refractivity contribution >= 4 is 23.2 Å². The minimum Gasteiger partial charge on any atom is -0.318 e. The lowest BCUT2D eigenvalue weighted by Gasteiger charge is -2.24. The van der Waals surface area contributed by atoms with Crippen LogP contribution in [0, 0.1) is 0 Å². The summed E-state index contributed by atoms with van der Waals surface area (Å²) in [6, 6.07) is 6.02. The van der Waals surface area contributed by atoms with Crippen molar-refractivity contribution in [1.29, 1.82) is 0 Å². The number of fused-ring (bicyclic) bond motifs is 2. The van der Waals surface area contributed by atoms with Gasteiger partial charge in [0, 0.05) is 31.5 Å². The summed E-state index contributed by atoms with van der Waals surface area (Å²) in [7, 11) is 0. The van der Waals surface area contributed by atoms with E-state index in [4.69, 9.17) is 0 Å². The molecule has 0 spiro atoms. The van der Waals surface area contributed by atoms with Crippen LogP contribution in [0.2, 0.25) is 0 Å². The number of anilines is 3. The number of nitrogens with zero attached hydrogens (tertiary/aromatic N) is 3. The molecule has 1 fully saturated rings. The molecule has 2 aromatic heterocycles. The van der Waals surface area contributed by atoms with Crippen molar-refractivity contribution in [3.63, 3.8) is 0 Å². The van der Waals surface area contributed by atoms with Crippen molar-refractivity contribution in [2.75, 3.05) is 23.3 Å². The fourth-order valence-electron chi connectivity index (χ4n) is 3.58. The third-order valence-electron chi connectivity index (χ3n) is 4.96. The third kappa shape index (κ3) is 2.49.